The molecular formula is C43H86O2. The zero-order chi connectivity index (χ0) is 32.9. The molecule has 0 spiro atoms. The molecule has 45 heavy (non-hydrogen) atoms. The maximum Gasteiger partial charge on any atom is 0.305 e. The summed E-state index contributed by atoms with van der Waals surface area (Å²) in [5, 5.41) is 0. The van der Waals surface area contributed by atoms with E-state index in [9.17, 15) is 4.79 Å². The van der Waals surface area contributed by atoms with Crippen molar-refractivity contribution in [3.8, 4) is 0 Å². The minimum Gasteiger partial charge on any atom is -0.466 e. The number of carbonyl (C=O) groups is 1. The van der Waals surface area contributed by atoms with E-state index in [0.717, 1.165) is 24.7 Å². The van der Waals surface area contributed by atoms with Gasteiger partial charge in [0.15, 0.2) is 0 Å². The maximum atomic E-state index is 12.0. The normalized spacial score (nSPS) is 11.7. The number of carbonyl (C=O) groups excluding carboxylic acids is 1. The Labute approximate surface area is 285 Å². The topological polar surface area (TPSA) is 26.3 Å². The van der Waals surface area contributed by atoms with Crippen LogP contribution in [0.25, 0.3) is 0 Å². The predicted molar refractivity (Wildman–Crippen MR) is 202 cm³/mol. The molecule has 0 aromatic carbocycles. The molecule has 0 bridgehead atoms. The average Bonchev–Trinajstić information content (AvgIpc) is 3.01. The molecule has 0 atom stereocenters. The fraction of sp³-hybridized carbons (Fsp3) is 0.977. The number of unbranched alkanes of at least 4 members (excludes halogenated alkanes) is 30. The lowest BCUT2D eigenvalue weighted by Crippen LogP contribution is -2.05. The average molecular weight is 635 g/mol. The second-order valence-corrected chi connectivity index (χ2v) is 15.6. The molecule has 0 aliphatic heterocycles. The van der Waals surface area contributed by atoms with Crippen LogP contribution in [0.2, 0.25) is 0 Å². The number of hydrogen-bond acceptors (Lipinski definition) is 2. The van der Waals surface area contributed by atoms with Gasteiger partial charge >= 0.3 is 5.97 Å². The smallest absolute Gasteiger partial charge is 0.305 e. The van der Waals surface area contributed by atoms with Gasteiger partial charge in [-0.25, -0.2) is 0 Å². The lowest BCUT2D eigenvalue weighted by Gasteiger charge is -2.06. The van der Waals surface area contributed by atoms with Crippen molar-refractivity contribution in [1.29, 1.82) is 0 Å². The lowest BCUT2D eigenvalue weighted by atomic mass is 10.0. The van der Waals surface area contributed by atoms with Crippen molar-refractivity contribution in [2.45, 2.75) is 252 Å². The van der Waals surface area contributed by atoms with Gasteiger partial charge < -0.3 is 4.74 Å². The molecule has 0 rings (SSSR count). The van der Waals surface area contributed by atoms with Crippen LogP contribution >= 0.6 is 0 Å². The second-order valence-electron chi connectivity index (χ2n) is 15.6. The van der Waals surface area contributed by atoms with Gasteiger partial charge in [-0.2, -0.15) is 0 Å². The highest BCUT2D eigenvalue weighted by molar-refractivity contribution is 5.69. The summed E-state index contributed by atoms with van der Waals surface area (Å²) in [5.74, 6) is 1.78. The Morgan fingerprint density at radius 3 is 0.822 bits per heavy atom. The molecule has 2 heteroatoms. The Hall–Kier alpha value is -0.530. The maximum absolute atomic E-state index is 12.0. The zero-order valence-electron chi connectivity index (χ0n) is 31.9. The van der Waals surface area contributed by atoms with Gasteiger partial charge in [0, 0.05) is 6.42 Å². The first-order valence-corrected chi connectivity index (χ1v) is 21.2. The summed E-state index contributed by atoms with van der Waals surface area (Å²) < 4.78 is 5.47. The first kappa shape index (κ1) is 44.5. The van der Waals surface area contributed by atoms with E-state index in [2.05, 4.69) is 27.7 Å². The van der Waals surface area contributed by atoms with Crippen molar-refractivity contribution in [3.63, 3.8) is 0 Å². The van der Waals surface area contributed by atoms with Gasteiger partial charge in [0.25, 0.3) is 0 Å². The molecular weight excluding hydrogens is 548 g/mol. The van der Waals surface area contributed by atoms with E-state index >= 15 is 0 Å². The van der Waals surface area contributed by atoms with Crippen molar-refractivity contribution < 1.29 is 9.53 Å². The fourth-order valence-electron chi connectivity index (χ4n) is 6.68. The molecule has 0 aromatic rings. The van der Waals surface area contributed by atoms with Gasteiger partial charge in [0.2, 0.25) is 0 Å². The molecule has 0 fully saturated rings. The van der Waals surface area contributed by atoms with E-state index in [0.29, 0.717) is 13.0 Å². The third-order valence-corrected chi connectivity index (χ3v) is 9.85. The molecule has 0 aliphatic carbocycles. The number of esters is 1. The Balaban J connectivity index is 3.15. The van der Waals surface area contributed by atoms with Crippen molar-refractivity contribution in [1.82, 2.24) is 0 Å². The first-order chi connectivity index (χ1) is 22.0. The standard InChI is InChI=1S/C43H86O2/c1-41(2)37-33-29-25-21-17-13-11-9-7-5-6-8-10-12-16-20-24-28-32-36-40-45-43(44)39-35-31-27-23-19-15-14-18-22-26-30-34-38-42(3)4/h41-42H,5-40H2,1-4H3. The van der Waals surface area contributed by atoms with E-state index in [4.69, 9.17) is 4.74 Å². The van der Waals surface area contributed by atoms with Gasteiger partial charge in [-0.15, -0.1) is 0 Å². The molecule has 0 saturated heterocycles. The first-order valence-electron chi connectivity index (χ1n) is 21.2. The van der Waals surface area contributed by atoms with Crippen LogP contribution in [-0.2, 0) is 9.53 Å². The second kappa shape index (κ2) is 37.9. The Morgan fingerprint density at radius 1 is 0.333 bits per heavy atom. The summed E-state index contributed by atoms with van der Waals surface area (Å²) in [6.07, 6.45) is 47.6. The summed E-state index contributed by atoms with van der Waals surface area (Å²) >= 11 is 0. The van der Waals surface area contributed by atoms with E-state index in [1.54, 1.807) is 0 Å². The summed E-state index contributed by atoms with van der Waals surface area (Å²) in [6, 6.07) is 0. The molecule has 0 aliphatic rings. The summed E-state index contributed by atoms with van der Waals surface area (Å²) in [6.45, 7) is 9.98. The van der Waals surface area contributed by atoms with Crippen molar-refractivity contribution in [2.24, 2.45) is 11.8 Å². The minimum absolute atomic E-state index is 0.0293. The molecule has 0 aromatic heterocycles. The van der Waals surface area contributed by atoms with Crippen molar-refractivity contribution in [3.05, 3.63) is 0 Å². The monoisotopic (exact) mass is 635 g/mol. The van der Waals surface area contributed by atoms with E-state index < -0.39 is 0 Å². The number of rotatable bonds is 38. The van der Waals surface area contributed by atoms with Crippen LogP contribution in [0.15, 0.2) is 0 Å². The highest BCUT2D eigenvalue weighted by Crippen LogP contribution is 2.17. The number of ether oxygens (including phenoxy) is 1. The lowest BCUT2D eigenvalue weighted by molar-refractivity contribution is -0.143. The van der Waals surface area contributed by atoms with Gasteiger partial charge in [0.05, 0.1) is 6.61 Å². The highest BCUT2D eigenvalue weighted by Gasteiger charge is 2.03. The van der Waals surface area contributed by atoms with E-state index in [1.165, 1.54) is 205 Å². The van der Waals surface area contributed by atoms with E-state index in [-0.39, 0.29) is 5.97 Å². The Kier molecular flexibility index (Phi) is 37.5. The van der Waals surface area contributed by atoms with Gasteiger partial charge in [0.1, 0.15) is 0 Å². The van der Waals surface area contributed by atoms with Crippen LogP contribution in [0.1, 0.15) is 252 Å². The van der Waals surface area contributed by atoms with Gasteiger partial charge in [-0.05, 0) is 24.7 Å². The molecule has 0 saturated carbocycles. The predicted octanol–water partition coefficient (Wildman–Crippen LogP) is 15.5. The van der Waals surface area contributed by atoms with Crippen LogP contribution in [0.4, 0.5) is 0 Å². The molecule has 270 valence electrons. The van der Waals surface area contributed by atoms with Crippen molar-refractivity contribution >= 4 is 5.97 Å². The Bertz CT molecular complexity index is 554. The van der Waals surface area contributed by atoms with E-state index in [1.807, 2.05) is 0 Å². The van der Waals surface area contributed by atoms with Crippen molar-refractivity contribution in [2.75, 3.05) is 6.61 Å². The molecule has 0 radical (unpaired) electrons. The van der Waals surface area contributed by atoms with Crippen LogP contribution in [0.3, 0.4) is 0 Å². The minimum atomic E-state index is 0.0293. The third kappa shape index (κ3) is 41.4. The highest BCUT2D eigenvalue weighted by atomic mass is 16.5. The largest absolute Gasteiger partial charge is 0.466 e. The van der Waals surface area contributed by atoms with Crippen LogP contribution in [0.5, 0.6) is 0 Å². The molecule has 0 heterocycles. The van der Waals surface area contributed by atoms with Gasteiger partial charge in [-0.3, -0.25) is 4.79 Å². The molecule has 2 nitrogen and oxygen atoms in total. The quantitative estimate of drug-likeness (QED) is 0.0499. The zero-order valence-corrected chi connectivity index (χ0v) is 31.9. The molecule has 0 unspecified atom stereocenters. The van der Waals surface area contributed by atoms with Crippen LogP contribution in [-0.4, -0.2) is 12.6 Å². The Morgan fingerprint density at radius 2 is 0.556 bits per heavy atom. The van der Waals surface area contributed by atoms with Crippen LogP contribution in [0, 0.1) is 11.8 Å². The third-order valence-electron chi connectivity index (χ3n) is 9.85. The van der Waals surface area contributed by atoms with Gasteiger partial charge in [-0.1, -0.05) is 233 Å². The number of hydrogen-bond donors (Lipinski definition) is 0. The molecule has 0 amide bonds. The SMILES string of the molecule is CC(C)CCCCCCCCCCCCCCCCCCCCCCOC(=O)CCCCCCCCCCCCCCC(C)C. The fourth-order valence-corrected chi connectivity index (χ4v) is 6.68. The van der Waals surface area contributed by atoms with Crippen LogP contribution < -0.4 is 0 Å². The summed E-state index contributed by atoms with van der Waals surface area (Å²) in [4.78, 5) is 12.0. The molecule has 0 N–H and O–H groups in total. The summed E-state index contributed by atoms with van der Waals surface area (Å²) in [5.41, 5.74) is 0. The summed E-state index contributed by atoms with van der Waals surface area (Å²) in [7, 11) is 0.